The van der Waals surface area contributed by atoms with E-state index in [2.05, 4.69) is 35.5 Å². The maximum Gasteiger partial charge on any atom is 0.176 e. The van der Waals surface area contributed by atoms with Gasteiger partial charge in [0.15, 0.2) is 12.2 Å². The molecule has 0 amide bonds. The summed E-state index contributed by atoms with van der Waals surface area (Å²) in [5.74, 6) is 15.3. The summed E-state index contributed by atoms with van der Waals surface area (Å²) in [6.07, 6.45) is 19.2. The van der Waals surface area contributed by atoms with Crippen molar-refractivity contribution in [3.8, 4) is 48.4 Å². The molecular weight excluding hydrogens is 272 g/mol. The van der Waals surface area contributed by atoms with Crippen molar-refractivity contribution in [1.29, 1.82) is 0 Å². The Morgan fingerprint density at radius 1 is 0.591 bits per heavy atom. The summed E-state index contributed by atoms with van der Waals surface area (Å²) in [6.45, 7) is 0. The van der Waals surface area contributed by atoms with E-state index >= 15 is 0 Å². The van der Waals surface area contributed by atoms with Crippen LogP contribution >= 0.6 is 0 Å². The quantitative estimate of drug-likeness (QED) is 0.507. The number of rotatable bonds is 9. The summed E-state index contributed by atoms with van der Waals surface area (Å²) < 4.78 is 0. The van der Waals surface area contributed by atoms with Crippen molar-refractivity contribution < 1.29 is 10.2 Å². The van der Waals surface area contributed by atoms with Gasteiger partial charge in [-0.3, -0.25) is 0 Å². The number of hydrogen-bond donors (Lipinski definition) is 2. The molecule has 0 aromatic rings. The van der Waals surface area contributed by atoms with Crippen molar-refractivity contribution in [2.45, 2.75) is 76.4 Å². The standard InChI is InChI=1S/C20H26O2/c1-3-19(21)17-15-13-11-9-7-5-6-8-10-12-14-16-18-20(22)4-2/h1-2,19-22H,5-14H2/t19-,20-/m1/s1. The van der Waals surface area contributed by atoms with Gasteiger partial charge in [-0.25, -0.2) is 0 Å². The molecule has 0 unspecified atom stereocenters. The third-order valence-electron chi connectivity index (χ3n) is 3.15. The molecule has 0 fully saturated rings. The highest BCUT2D eigenvalue weighted by atomic mass is 16.3. The molecule has 0 saturated carbocycles. The van der Waals surface area contributed by atoms with Crippen LogP contribution in [-0.4, -0.2) is 22.4 Å². The molecule has 2 heteroatoms. The summed E-state index contributed by atoms with van der Waals surface area (Å²) in [6, 6.07) is 0. The molecule has 2 N–H and O–H groups in total. The number of terminal acetylenes is 2. The van der Waals surface area contributed by atoms with Crippen molar-refractivity contribution in [3.05, 3.63) is 0 Å². The Hall–Kier alpha value is -1.84. The van der Waals surface area contributed by atoms with Crippen LogP contribution in [0.2, 0.25) is 0 Å². The van der Waals surface area contributed by atoms with Crippen LogP contribution in [0.1, 0.15) is 64.2 Å². The van der Waals surface area contributed by atoms with Crippen LogP contribution in [0, 0.1) is 48.4 Å². The summed E-state index contributed by atoms with van der Waals surface area (Å²) in [5, 5.41) is 18.1. The van der Waals surface area contributed by atoms with E-state index in [0.717, 1.165) is 25.7 Å². The lowest BCUT2D eigenvalue weighted by atomic mass is 10.1. The average Bonchev–Trinajstić information content (AvgIpc) is 2.54. The van der Waals surface area contributed by atoms with Gasteiger partial charge < -0.3 is 10.2 Å². The van der Waals surface area contributed by atoms with Crippen molar-refractivity contribution >= 4 is 0 Å². The van der Waals surface area contributed by atoms with Crippen LogP contribution in [0.15, 0.2) is 0 Å². The molecule has 22 heavy (non-hydrogen) atoms. The highest BCUT2D eigenvalue weighted by molar-refractivity contribution is 5.16. The second-order valence-electron chi connectivity index (χ2n) is 5.11. The van der Waals surface area contributed by atoms with Gasteiger partial charge in [0.25, 0.3) is 0 Å². The van der Waals surface area contributed by atoms with Crippen molar-refractivity contribution in [3.63, 3.8) is 0 Å². The minimum atomic E-state index is -0.917. The van der Waals surface area contributed by atoms with Crippen molar-refractivity contribution in [1.82, 2.24) is 0 Å². The first-order valence-corrected chi connectivity index (χ1v) is 7.96. The summed E-state index contributed by atoms with van der Waals surface area (Å²) >= 11 is 0. The molecule has 0 aliphatic rings. The first-order valence-electron chi connectivity index (χ1n) is 7.96. The van der Waals surface area contributed by atoms with Gasteiger partial charge in [-0.2, -0.15) is 0 Å². The fourth-order valence-corrected chi connectivity index (χ4v) is 1.91. The van der Waals surface area contributed by atoms with Crippen LogP contribution in [0.5, 0.6) is 0 Å². The molecule has 0 spiro atoms. The Morgan fingerprint density at radius 3 is 1.23 bits per heavy atom. The molecule has 0 aromatic carbocycles. The van der Waals surface area contributed by atoms with Gasteiger partial charge in [-0.05, 0) is 12.8 Å². The van der Waals surface area contributed by atoms with E-state index in [-0.39, 0.29) is 0 Å². The SMILES string of the molecule is C#C[C@@H](O)C#CCCCCCCCCCCC#C[C@H](O)C#C. The third-order valence-corrected chi connectivity index (χ3v) is 3.15. The monoisotopic (exact) mass is 298 g/mol. The van der Waals surface area contributed by atoms with Crippen molar-refractivity contribution in [2.24, 2.45) is 0 Å². The molecule has 0 rings (SSSR count). The number of aliphatic hydroxyl groups is 2. The van der Waals surface area contributed by atoms with Gasteiger partial charge in [-0.15, -0.1) is 12.8 Å². The summed E-state index contributed by atoms with van der Waals surface area (Å²) in [4.78, 5) is 0. The molecule has 118 valence electrons. The van der Waals surface area contributed by atoms with E-state index in [1.807, 2.05) is 0 Å². The number of hydrogen-bond acceptors (Lipinski definition) is 2. The largest absolute Gasteiger partial charge is 0.369 e. The van der Waals surface area contributed by atoms with E-state index in [1.54, 1.807) is 0 Å². The molecule has 2 nitrogen and oxygen atoms in total. The molecule has 0 bridgehead atoms. The smallest absolute Gasteiger partial charge is 0.176 e. The summed E-state index contributed by atoms with van der Waals surface area (Å²) in [5.41, 5.74) is 0. The molecule has 2 atom stereocenters. The first kappa shape index (κ1) is 20.2. The van der Waals surface area contributed by atoms with Crippen LogP contribution in [0.3, 0.4) is 0 Å². The van der Waals surface area contributed by atoms with E-state index in [4.69, 9.17) is 23.1 Å². The van der Waals surface area contributed by atoms with Gasteiger partial charge in [0, 0.05) is 12.8 Å². The Morgan fingerprint density at radius 2 is 0.909 bits per heavy atom. The van der Waals surface area contributed by atoms with Gasteiger partial charge in [0.05, 0.1) is 0 Å². The van der Waals surface area contributed by atoms with Crippen LogP contribution < -0.4 is 0 Å². The molecule has 0 saturated heterocycles. The highest BCUT2D eigenvalue weighted by Crippen LogP contribution is 2.10. The van der Waals surface area contributed by atoms with Gasteiger partial charge in [0.1, 0.15) is 0 Å². The maximum atomic E-state index is 9.04. The molecule has 0 aliphatic carbocycles. The van der Waals surface area contributed by atoms with Gasteiger partial charge in [-0.1, -0.05) is 74.0 Å². The second-order valence-corrected chi connectivity index (χ2v) is 5.11. The average molecular weight is 298 g/mol. The van der Waals surface area contributed by atoms with Crippen LogP contribution in [-0.2, 0) is 0 Å². The number of aliphatic hydroxyl groups excluding tert-OH is 2. The Bertz CT molecular complexity index is 424. The fourth-order valence-electron chi connectivity index (χ4n) is 1.91. The number of unbranched alkanes of at least 4 members (excludes halogenated alkanes) is 9. The predicted octanol–water partition coefficient (Wildman–Crippen LogP) is 2.88. The lowest BCUT2D eigenvalue weighted by Gasteiger charge is -2.00. The molecular formula is C20H26O2. The van der Waals surface area contributed by atoms with Crippen LogP contribution in [0.25, 0.3) is 0 Å². The lowest BCUT2D eigenvalue weighted by molar-refractivity contribution is 0.289. The Labute approximate surface area is 135 Å². The molecule has 0 aromatic heterocycles. The maximum absolute atomic E-state index is 9.04. The third kappa shape index (κ3) is 14.6. The Kier molecular flexibility index (Phi) is 14.2. The first-order chi connectivity index (χ1) is 10.7. The van der Waals surface area contributed by atoms with E-state index in [9.17, 15) is 0 Å². The Balaban J connectivity index is 3.27. The molecule has 0 radical (unpaired) electrons. The zero-order chi connectivity index (χ0) is 16.5. The topological polar surface area (TPSA) is 40.5 Å². The van der Waals surface area contributed by atoms with E-state index in [1.165, 1.54) is 38.5 Å². The van der Waals surface area contributed by atoms with E-state index < -0.39 is 12.2 Å². The van der Waals surface area contributed by atoms with Gasteiger partial charge in [0.2, 0.25) is 0 Å². The zero-order valence-electron chi connectivity index (χ0n) is 13.3. The fraction of sp³-hybridized carbons (Fsp3) is 0.600. The molecule has 0 aliphatic heterocycles. The molecule has 0 heterocycles. The highest BCUT2D eigenvalue weighted by Gasteiger charge is 1.92. The summed E-state index contributed by atoms with van der Waals surface area (Å²) in [7, 11) is 0. The normalized spacial score (nSPS) is 11.8. The van der Waals surface area contributed by atoms with Gasteiger partial charge >= 0.3 is 0 Å². The van der Waals surface area contributed by atoms with E-state index in [0.29, 0.717) is 0 Å². The van der Waals surface area contributed by atoms with Crippen LogP contribution in [0.4, 0.5) is 0 Å². The lowest BCUT2D eigenvalue weighted by Crippen LogP contribution is -1.96. The van der Waals surface area contributed by atoms with Crippen molar-refractivity contribution in [2.75, 3.05) is 0 Å². The second kappa shape index (κ2) is 15.5. The predicted molar refractivity (Wildman–Crippen MR) is 91.4 cm³/mol. The zero-order valence-corrected chi connectivity index (χ0v) is 13.3. The minimum Gasteiger partial charge on any atom is -0.369 e. The minimum absolute atomic E-state index is 0.806.